The molecule has 0 saturated heterocycles. The Labute approximate surface area is 98.6 Å². The van der Waals surface area contributed by atoms with Gasteiger partial charge >= 0.3 is 0 Å². The maximum atomic E-state index is 13.4. The largest absolute Gasteiger partial charge is 0.376 e. The molecule has 0 aliphatic carbocycles. The van der Waals surface area contributed by atoms with E-state index in [4.69, 9.17) is 4.74 Å². The summed E-state index contributed by atoms with van der Waals surface area (Å²) in [4.78, 5) is 0. The summed E-state index contributed by atoms with van der Waals surface area (Å²) in [5.41, 5.74) is -0.325. The molecule has 0 rings (SSSR count). The van der Waals surface area contributed by atoms with Crippen LogP contribution in [0.2, 0.25) is 0 Å². The minimum absolute atomic E-state index is 0.0152. The summed E-state index contributed by atoms with van der Waals surface area (Å²) in [6, 6.07) is 0. The molecule has 0 radical (unpaired) electrons. The van der Waals surface area contributed by atoms with Crippen LogP contribution in [0.3, 0.4) is 0 Å². The molecule has 0 spiro atoms. The van der Waals surface area contributed by atoms with Crippen molar-refractivity contribution in [2.75, 3.05) is 6.61 Å². The van der Waals surface area contributed by atoms with Crippen LogP contribution in [-0.4, -0.2) is 18.1 Å². The highest BCUT2D eigenvalue weighted by molar-refractivity contribution is 4.68. The summed E-state index contributed by atoms with van der Waals surface area (Å²) < 4.78 is 32.1. The lowest BCUT2D eigenvalue weighted by Gasteiger charge is -2.22. The van der Waals surface area contributed by atoms with Gasteiger partial charge in [0, 0.05) is 12.8 Å². The Kier molecular flexibility index (Phi) is 6.46. The molecule has 0 unspecified atom stereocenters. The van der Waals surface area contributed by atoms with Crippen LogP contribution in [0.15, 0.2) is 0 Å². The van der Waals surface area contributed by atoms with Gasteiger partial charge in [-0.15, -0.1) is 0 Å². The fourth-order valence-corrected chi connectivity index (χ4v) is 1.40. The van der Waals surface area contributed by atoms with Gasteiger partial charge in [-0.05, 0) is 33.1 Å². The zero-order valence-electron chi connectivity index (χ0n) is 11.3. The van der Waals surface area contributed by atoms with Crippen molar-refractivity contribution >= 4 is 0 Å². The van der Waals surface area contributed by atoms with Gasteiger partial charge in [-0.25, -0.2) is 8.78 Å². The fourth-order valence-electron chi connectivity index (χ4n) is 1.40. The average molecular weight is 236 g/mol. The Balaban J connectivity index is 3.70. The van der Waals surface area contributed by atoms with E-state index in [9.17, 15) is 8.78 Å². The second kappa shape index (κ2) is 6.53. The molecular weight excluding hydrogens is 210 g/mol. The van der Waals surface area contributed by atoms with Crippen molar-refractivity contribution in [3.8, 4) is 0 Å². The third-order valence-electron chi connectivity index (χ3n) is 2.33. The summed E-state index contributed by atoms with van der Waals surface area (Å²) in [6.45, 7) is 9.89. The minimum atomic E-state index is -2.57. The molecule has 0 N–H and O–H groups in total. The molecule has 3 heteroatoms. The highest BCUT2D eigenvalue weighted by Gasteiger charge is 2.28. The van der Waals surface area contributed by atoms with Crippen LogP contribution < -0.4 is 0 Å². The van der Waals surface area contributed by atoms with E-state index in [-0.39, 0.29) is 25.0 Å². The summed E-state index contributed by atoms with van der Waals surface area (Å²) in [7, 11) is 0. The van der Waals surface area contributed by atoms with Crippen molar-refractivity contribution in [1.29, 1.82) is 0 Å². The molecule has 98 valence electrons. The van der Waals surface area contributed by atoms with E-state index in [0.717, 1.165) is 6.42 Å². The van der Waals surface area contributed by atoms with E-state index in [2.05, 4.69) is 13.8 Å². The molecule has 0 bridgehead atoms. The Hall–Kier alpha value is -0.180. The Bertz CT molecular complexity index is 183. The standard InChI is InChI=1S/C13H26F2O/c1-11(2)7-6-8-13(14,15)9-10-16-12(3,4)5/h11H,6-10H2,1-5H3. The molecule has 0 aliphatic heterocycles. The van der Waals surface area contributed by atoms with Crippen LogP contribution in [-0.2, 0) is 4.74 Å². The predicted molar refractivity (Wildman–Crippen MR) is 64.0 cm³/mol. The smallest absolute Gasteiger partial charge is 0.250 e. The molecule has 0 fully saturated rings. The first kappa shape index (κ1) is 15.8. The predicted octanol–water partition coefficient (Wildman–Crippen LogP) is 4.65. The van der Waals surface area contributed by atoms with Gasteiger partial charge in [-0.2, -0.15) is 0 Å². The molecule has 0 atom stereocenters. The van der Waals surface area contributed by atoms with Crippen molar-refractivity contribution < 1.29 is 13.5 Å². The first-order valence-electron chi connectivity index (χ1n) is 6.14. The molecule has 1 nitrogen and oxygen atoms in total. The number of alkyl halides is 2. The number of ether oxygens (including phenoxy) is 1. The van der Waals surface area contributed by atoms with Gasteiger partial charge in [-0.3, -0.25) is 0 Å². The zero-order chi connectivity index (χ0) is 12.8. The zero-order valence-corrected chi connectivity index (χ0v) is 11.3. The van der Waals surface area contributed by atoms with Crippen molar-refractivity contribution in [3.05, 3.63) is 0 Å². The van der Waals surface area contributed by atoms with Crippen LogP contribution in [0.4, 0.5) is 8.78 Å². The maximum Gasteiger partial charge on any atom is 0.250 e. The van der Waals surface area contributed by atoms with Gasteiger partial charge in [0.25, 0.3) is 0 Å². The van der Waals surface area contributed by atoms with Crippen LogP contribution in [0, 0.1) is 5.92 Å². The van der Waals surface area contributed by atoms with Crippen molar-refractivity contribution in [2.45, 2.75) is 71.8 Å². The van der Waals surface area contributed by atoms with E-state index in [0.29, 0.717) is 12.3 Å². The molecule has 0 saturated carbocycles. The lowest BCUT2D eigenvalue weighted by atomic mass is 10.0. The molecule has 0 amide bonds. The molecule has 0 aromatic carbocycles. The fraction of sp³-hybridized carbons (Fsp3) is 1.00. The monoisotopic (exact) mass is 236 g/mol. The molecule has 0 aromatic heterocycles. The van der Waals surface area contributed by atoms with Gasteiger partial charge in [0.1, 0.15) is 0 Å². The van der Waals surface area contributed by atoms with Gasteiger partial charge in [0.2, 0.25) is 5.92 Å². The van der Waals surface area contributed by atoms with Crippen molar-refractivity contribution in [2.24, 2.45) is 5.92 Å². The van der Waals surface area contributed by atoms with Crippen molar-refractivity contribution in [1.82, 2.24) is 0 Å². The molecule has 0 aromatic rings. The highest BCUT2D eigenvalue weighted by atomic mass is 19.3. The first-order chi connectivity index (χ1) is 7.12. The van der Waals surface area contributed by atoms with Crippen LogP contribution >= 0.6 is 0 Å². The van der Waals surface area contributed by atoms with E-state index >= 15 is 0 Å². The Morgan fingerprint density at radius 2 is 1.62 bits per heavy atom. The number of halogens is 2. The summed E-state index contributed by atoms with van der Waals surface area (Å²) in [6.07, 6.45) is 1.29. The Morgan fingerprint density at radius 1 is 1.06 bits per heavy atom. The van der Waals surface area contributed by atoms with E-state index in [1.54, 1.807) is 0 Å². The molecule has 0 heterocycles. The Morgan fingerprint density at radius 3 is 2.06 bits per heavy atom. The van der Waals surface area contributed by atoms with E-state index < -0.39 is 5.92 Å². The molecular formula is C13H26F2O. The van der Waals surface area contributed by atoms with Crippen molar-refractivity contribution in [3.63, 3.8) is 0 Å². The van der Waals surface area contributed by atoms with Gasteiger partial charge < -0.3 is 4.74 Å². The lowest BCUT2D eigenvalue weighted by Crippen LogP contribution is -2.25. The van der Waals surface area contributed by atoms with Crippen LogP contribution in [0.5, 0.6) is 0 Å². The molecule has 0 aliphatic rings. The van der Waals surface area contributed by atoms with E-state index in [1.807, 2.05) is 20.8 Å². The van der Waals surface area contributed by atoms with Crippen LogP contribution in [0.1, 0.15) is 60.3 Å². The normalized spacial score (nSPS) is 13.5. The summed E-state index contributed by atoms with van der Waals surface area (Å²) in [5, 5.41) is 0. The van der Waals surface area contributed by atoms with Gasteiger partial charge in [-0.1, -0.05) is 20.3 Å². The number of hydrogen-bond acceptors (Lipinski definition) is 1. The van der Waals surface area contributed by atoms with E-state index in [1.165, 1.54) is 0 Å². The topological polar surface area (TPSA) is 9.23 Å². The maximum absolute atomic E-state index is 13.4. The van der Waals surface area contributed by atoms with Gasteiger partial charge in [0.15, 0.2) is 0 Å². The summed E-state index contributed by atoms with van der Waals surface area (Å²) in [5.74, 6) is -2.07. The minimum Gasteiger partial charge on any atom is -0.376 e. The first-order valence-corrected chi connectivity index (χ1v) is 6.14. The lowest BCUT2D eigenvalue weighted by molar-refractivity contribution is -0.0713. The number of hydrogen-bond donors (Lipinski definition) is 0. The SMILES string of the molecule is CC(C)CCCC(F)(F)CCOC(C)(C)C. The highest BCUT2D eigenvalue weighted by Crippen LogP contribution is 2.27. The average Bonchev–Trinajstić information content (AvgIpc) is 1.99. The quantitative estimate of drug-likeness (QED) is 0.625. The van der Waals surface area contributed by atoms with Gasteiger partial charge in [0.05, 0.1) is 12.2 Å². The molecule has 16 heavy (non-hydrogen) atoms. The summed E-state index contributed by atoms with van der Waals surface area (Å²) >= 11 is 0. The second-order valence-corrected chi connectivity index (χ2v) is 5.85. The second-order valence-electron chi connectivity index (χ2n) is 5.85. The third-order valence-corrected chi connectivity index (χ3v) is 2.33. The van der Waals surface area contributed by atoms with Crippen LogP contribution in [0.25, 0.3) is 0 Å². The number of rotatable bonds is 7. The third kappa shape index (κ3) is 10.3.